The topological polar surface area (TPSA) is 0 Å². The maximum atomic E-state index is 5.92. The molecule has 0 fully saturated rings. The van der Waals surface area contributed by atoms with Gasteiger partial charge in [-0.15, -0.1) is 0 Å². The van der Waals surface area contributed by atoms with Crippen molar-refractivity contribution in [2.24, 2.45) is 0 Å². The van der Waals surface area contributed by atoms with Gasteiger partial charge in [-0.3, -0.25) is 0 Å². The first-order valence-electron chi connectivity index (χ1n) is 3.63. The summed E-state index contributed by atoms with van der Waals surface area (Å²) < 4.78 is 0. The predicted octanol–water partition coefficient (Wildman–Crippen LogP) is 3.68. The maximum absolute atomic E-state index is 5.92. The molecule has 0 nitrogen and oxygen atoms in total. The standard InChI is InChI=1S/C10H11Cl/c1-3-5-9-6-4-7-10(11)8(9)2/h3-7H,1-2H3. The lowest BCUT2D eigenvalue weighted by Gasteiger charge is -2.00. The molecule has 1 heteroatoms. The van der Waals surface area contributed by atoms with E-state index in [9.17, 15) is 0 Å². The number of hydrogen-bond donors (Lipinski definition) is 0. The molecule has 0 aliphatic heterocycles. The molecule has 0 aliphatic carbocycles. The van der Waals surface area contributed by atoms with E-state index in [0.29, 0.717) is 0 Å². The lowest BCUT2D eigenvalue weighted by molar-refractivity contribution is 1.44. The van der Waals surface area contributed by atoms with Crippen LogP contribution in [0, 0.1) is 6.92 Å². The van der Waals surface area contributed by atoms with E-state index in [2.05, 4.69) is 12.1 Å². The van der Waals surface area contributed by atoms with Crippen molar-refractivity contribution in [1.29, 1.82) is 0 Å². The van der Waals surface area contributed by atoms with Crippen molar-refractivity contribution >= 4 is 17.7 Å². The summed E-state index contributed by atoms with van der Waals surface area (Å²) in [4.78, 5) is 0. The molecule has 0 unspecified atom stereocenters. The highest BCUT2D eigenvalue weighted by Crippen LogP contribution is 2.19. The Morgan fingerprint density at radius 1 is 1.36 bits per heavy atom. The molecule has 0 atom stereocenters. The van der Waals surface area contributed by atoms with Crippen molar-refractivity contribution in [3.8, 4) is 0 Å². The average molecular weight is 167 g/mol. The summed E-state index contributed by atoms with van der Waals surface area (Å²) in [6.07, 6.45) is 4.07. The summed E-state index contributed by atoms with van der Waals surface area (Å²) in [6.45, 7) is 4.03. The summed E-state index contributed by atoms with van der Waals surface area (Å²) in [5.74, 6) is 0. The highest BCUT2D eigenvalue weighted by molar-refractivity contribution is 6.31. The third-order valence-corrected chi connectivity index (χ3v) is 2.07. The van der Waals surface area contributed by atoms with Gasteiger partial charge in [0.25, 0.3) is 0 Å². The number of benzene rings is 1. The van der Waals surface area contributed by atoms with Gasteiger partial charge in [0.05, 0.1) is 0 Å². The maximum Gasteiger partial charge on any atom is 0.0441 e. The van der Waals surface area contributed by atoms with Crippen LogP contribution < -0.4 is 0 Å². The molecule has 11 heavy (non-hydrogen) atoms. The van der Waals surface area contributed by atoms with E-state index in [1.54, 1.807) is 0 Å². The van der Waals surface area contributed by atoms with Crippen molar-refractivity contribution in [3.05, 3.63) is 40.4 Å². The van der Waals surface area contributed by atoms with E-state index in [1.807, 2.05) is 32.1 Å². The average Bonchev–Trinajstić information content (AvgIpc) is 1.99. The Kier molecular flexibility index (Phi) is 2.72. The summed E-state index contributed by atoms with van der Waals surface area (Å²) in [5.41, 5.74) is 2.34. The first kappa shape index (κ1) is 8.35. The fourth-order valence-corrected chi connectivity index (χ4v) is 1.17. The van der Waals surface area contributed by atoms with E-state index in [0.717, 1.165) is 10.6 Å². The first-order valence-corrected chi connectivity index (χ1v) is 4.01. The van der Waals surface area contributed by atoms with Gasteiger partial charge in [-0.05, 0) is 31.0 Å². The Labute approximate surface area is 72.5 Å². The second-order valence-corrected chi connectivity index (χ2v) is 2.86. The summed E-state index contributed by atoms with van der Waals surface area (Å²) in [7, 11) is 0. The number of halogens is 1. The van der Waals surface area contributed by atoms with Gasteiger partial charge in [0.1, 0.15) is 0 Å². The molecule has 1 aromatic rings. The van der Waals surface area contributed by atoms with E-state index in [4.69, 9.17) is 11.6 Å². The minimum absolute atomic E-state index is 0.834. The molecular formula is C10H11Cl. The molecule has 0 saturated carbocycles. The third-order valence-electron chi connectivity index (χ3n) is 1.66. The van der Waals surface area contributed by atoms with Crippen LogP contribution in [0.25, 0.3) is 6.08 Å². The molecule has 0 aliphatic rings. The summed E-state index contributed by atoms with van der Waals surface area (Å²) in [6, 6.07) is 5.93. The quantitative estimate of drug-likeness (QED) is 0.597. The van der Waals surface area contributed by atoms with Crippen LogP contribution in [0.3, 0.4) is 0 Å². The van der Waals surface area contributed by atoms with Crippen LogP contribution in [0.2, 0.25) is 5.02 Å². The van der Waals surface area contributed by atoms with Crippen LogP contribution in [-0.4, -0.2) is 0 Å². The SMILES string of the molecule is CC=Cc1cccc(Cl)c1C. The number of hydrogen-bond acceptors (Lipinski definition) is 0. The lowest BCUT2D eigenvalue weighted by atomic mass is 10.1. The minimum atomic E-state index is 0.834. The summed E-state index contributed by atoms with van der Waals surface area (Å²) >= 11 is 5.92. The Balaban J connectivity index is 3.16. The molecule has 1 aromatic carbocycles. The Bertz CT molecular complexity index is 274. The first-order chi connectivity index (χ1) is 5.25. The van der Waals surface area contributed by atoms with Gasteiger partial charge in [0.15, 0.2) is 0 Å². The molecule has 0 aromatic heterocycles. The molecule has 0 amide bonds. The third kappa shape index (κ3) is 1.84. The van der Waals surface area contributed by atoms with Crippen molar-refractivity contribution in [3.63, 3.8) is 0 Å². The van der Waals surface area contributed by atoms with Crippen LogP contribution in [0.5, 0.6) is 0 Å². The fraction of sp³-hybridized carbons (Fsp3) is 0.200. The second-order valence-electron chi connectivity index (χ2n) is 2.45. The molecule has 0 saturated heterocycles. The minimum Gasteiger partial charge on any atom is -0.0871 e. The van der Waals surface area contributed by atoms with Crippen molar-refractivity contribution in [1.82, 2.24) is 0 Å². The molecular weight excluding hydrogens is 156 g/mol. The smallest absolute Gasteiger partial charge is 0.0441 e. The number of rotatable bonds is 1. The van der Waals surface area contributed by atoms with Crippen LogP contribution in [0.4, 0.5) is 0 Å². The monoisotopic (exact) mass is 166 g/mol. The largest absolute Gasteiger partial charge is 0.0871 e. The van der Waals surface area contributed by atoms with Gasteiger partial charge in [-0.25, -0.2) is 0 Å². The van der Waals surface area contributed by atoms with E-state index < -0.39 is 0 Å². The van der Waals surface area contributed by atoms with Gasteiger partial charge in [0.2, 0.25) is 0 Å². The van der Waals surface area contributed by atoms with Crippen LogP contribution >= 0.6 is 11.6 Å². The second kappa shape index (κ2) is 3.59. The lowest BCUT2D eigenvalue weighted by Crippen LogP contribution is -1.80. The molecule has 0 radical (unpaired) electrons. The zero-order chi connectivity index (χ0) is 8.27. The van der Waals surface area contributed by atoms with Crippen molar-refractivity contribution in [2.45, 2.75) is 13.8 Å². The highest BCUT2D eigenvalue weighted by Gasteiger charge is 1.96. The Morgan fingerprint density at radius 3 is 2.73 bits per heavy atom. The van der Waals surface area contributed by atoms with Crippen LogP contribution in [0.1, 0.15) is 18.1 Å². The van der Waals surface area contributed by atoms with Crippen LogP contribution in [-0.2, 0) is 0 Å². The summed E-state index contributed by atoms with van der Waals surface area (Å²) in [5, 5.41) is 0.834. The Morgan fingerprint density at radius 2 is 2.09 bits per heavy atom. The molecule has 0 bridgehead atoms. The van der Waals surface area contributed by atoms with E-state index in [-0.39, 0.29) is 0 Å². The molecule has 0 spiro atoms. The van der Waals surface area contributed by atoms with Gasteiger partial charge in [-0.1, -0.05) is 35.9 Å². The zero-order valence-electron chi connectivity index (χ0n) is 6.76. The molecule has 0 N–H and O–H groups in total. The number of allylic oxidation sites excluding steroid dienone is 1. The normalized spacial score (nSPS) is 10.8. The molecule has 58 valence electrons. The van der Waals surface area contributed by atoms with Gasteiger partial charge >= 0.3 is 0 Å². The Hall–Kier alpha value is -0.750. The van der Waals surface area contributed by atoms with Gasteiger partial charge in [0, 0.05) is 5.02 Å². The molecule has 1 rings (SSSR count). The van der Waals surface area contributed by atoms with E-state index in [1.165, 1.54) is 5.56 Å². The van der Waals surface area contributed by atoms with Crippen molar-refractivity contribution < 1.29 is 0 Å². The van der Waals surface area contributed by atoms with Gasteiger partial charge in [-0.2, -0.15) is 0 Å². The fourth-order valence-electron chi connectivity index (χ4n) is 0.984. The molecule has 0 heterocycles. The van der Waals surface area contributed by atoms with Gasteiger partial charge < -0.3 is 0 Å². The predicted molar refractivity (Wildman–Crippen MR) is 50.9 cm³/mol. The van der Waals surface area contributed by atoms with E-state index >= 15 is 0 Å². The zero-order valence-corrected chi connectivity index (χ0v) is 7.52. The van der Waals surface area contributed by atoms with Crippen LogP contribution in [0.15, 0.2) is 24.3 Å². The highest BCUT2D eigenvalue weighted by atomic mass is 35.5. The van der Waals surface area contributed by atoms with Crippen molar-refractivity contribution in [2.75, 3.05) is 0 Å².